The van der Waals surface area contributed by atoms with E-state index in [0.717, 1.165) is 0 Å². The number of hydrogen-bond donors (Lipinski definition) is 1. The van der Waals surface area contributed by atoms with Crippen molar-refractivity contribution in [3.63, 3.8) is 0 Å². The van der Waals surface area contributed by atoms with Crippen LogP contribution in [-0.2, 0) is 4.74 Å². The van der Waals surface area contributed by atoms with Gasteiger partial charge in [0, 0.05) is 25.5 Å². The molecule has 3 aromatic heterocycles. The van der Waals surface area contributed by atoms with Crippen LogP contribution in [0.4, 0.5) is 5.82 Å². The largest absolute Gasteiger partial charge is 0.387 e. The Morgan fingerprint density at radius 2 is 2.04 bits per heavy atom. The van der Waals surface area contributed by atoms with Crippen LogP contribution in [-0.4, -0.2) is 62.8 Å². The maximum atomic E-state index is 12.3. The molecule has 1 saturated heterocycles. The molecule has 0 aliphatic carbocycles. The topological polar surface area (TPSA) is 124 Å². The molecule has 4 heterocycles. The standard InChI is InChI=1S/C17H17ClN8O2/c1-10(19)21-16(27)12-9-11(18)13-14(22-12)15(25-5-7-28-8-6-25)24-17(23-13)26-4-2-3-20-26/h2-4,9H,5-8H2,1H3,(H2,19,21,27). The number of aliphatic imine (C=N–C) groups is 1. The lowest BCUT2D eigenvalue weighted by Gasteiger charge is -2.28. The lowest BCUT2D eigenvalue weighted by molar-refractivity contribution is 0.0998. The highest BCUT2D eigenvalue weighted by Gasteiger charge is 2.22. The Morgan fingerprint density at radius 3 is 2.71 bits per heavy atom. The molecule has 144 valence electrons. The van der Waals surface area contributed by atoms with Crippen LogP contribution in [0.25, 0.3) is 17.0 Å². The highest BCUT2D eigenvalue weighted by atomic mass is 35.5. The minimum Gasteiger partial charge on any atom is -0.387 e. The van der Waals surface area contributed by atoms with Gasteiger partial charge in [0.25, 0.3) is 11.9 Å². The number of rotatable bonds is 3. The molecule has 1 amide bonds. The number of aromatic nitrogens is 5. The number of anilines is 1. The number of carbonyl (C=O) groups is 1. The third-order valence-electron chi connectivity index (χ3n) is 4.09. The molecule has 0 spiro atoms. The second-order valence-corrected chi connectivity index (χ2v) is 6.55. The van der Waals surface area contributed by atoms with Crippen LogP contribution in [0, 0.1) is 0 Å². The van der Waals surface area contributed by atoms with E-state index in [1.54, 1.807) is 23.1 Å². The van der Waals surface area contributed by atoms with Crippen LogP contribution in [0.1, 0.15) is 17.4 Å². The summed E-state index contributed by atoms with van der Waals surface area (Å²) in [7, 11) is 0. The molecule has 0 saturated carbocycles. The van der Waals surface area contributed by atoms with Crippen LogP contribution >= 0.6 is 11.6 Å². The van der Waals surface area contributed by atoms with Gasteiger partial charge in [-0.05, 0) is 19.1 Å². The summed E-state index contributed by atoms with van der Waals surface area (Å²) in [4.78, 5) is 31.7. The maximum Gasteiger partial charge on any atom is 0.297 e. The minimum absolute atomic E-state index is 0.0762. The lowest BCUT2D eigenvalue weighted by atomic mass is 10.2. The van der Waals surface area contributed by atoms with Crippen LogP contribution in [0.5, 0.6) is 0 Å². The molecular weight excluding hydrogens is 384 g/mol. The molecule has 3 aromatic rings. The fourth-order valence-electron chi connectivity index (χ4n) is 2.85. The molecule has 1 aliphatic rings. The Kier molecular flexibility index (Phi) is 4.88. The van der Waals surface area contributed by atoms with E-state index in [1.165, 1.54) is 13.0 Å². The van der Waals surface area contributed by atoms with Gasteiger partial charge in [-0.2, -0.15) is 15.1 Å². The fourth-order valence-corrected chi connectivity index (χ4v) is 3.09. The van der Waals surface area contributed by atoms with Gasteiger partial charge in [-0.1, -0.05) is 11.6 Å². The molecule has 10 nitrogen and oxygen atoms in total. The number of hydrogen-bond acceptors (Lipinski definition) is 7. The normalized spacial score (nSPS) is 15.2. The molecule has 2 N–H and O–H groups in total. The molecule has 4 rings (SSSR count). The Hall–Kier alpha value is -3.11. The predicted octanol–water partition coefficient (Wildman–Crippen LogP) is 1.22. The number of nitrogens with zero attached hydrogens (tertiary/aromatic N) is 7. The Labute approximate surface area is 165 Å². The fraction of sp³-hybridized carbons (Fsp3) is 0.294. The smallest absolute Gasteiger partial charge is 0.297 e. The molecule has 0 radical (unpaired) electrons. The van der Waals surface area contributed by atoms with Gasteiger partial charge < -0.3 is 15.4 Å². The van der Waals surface area contributed by atoms with E-state index in [9.17, 15) is 4.79 Å². The van der Waals surface area contributed by atoms with Gasteiger partial charge >= 0.3 is 0 Å². The van der Waals surface area contributed by atoms with Crippen molar-refractivity contribution in [1.29, 1.82) is 0 Å². The second kappa shape index (κ2) is 7.49. The van der Waals surface area contributed by atoms with Crippen molar-refractivity contribution in [1.82, 2.24) is 24.7 Å². The summed E-state index contributed by atoms with van der Waals surface area (Å²) in [6.07, 6.45) is 3.37. The number of morpholine rings is 1. The van der Waals surface area contributed by atoms with E-state index < -0.39 is 5.91 Å². The Bertz CT molecular complexity index is 1060. The minimum atomic E-state index is -0.576. The lowest BCUT2D eigenvalue weighted by Crippen LogP contribution is -2.37. The summed E-state index contributed by atoms with van der Waals surface area (Å²) in [5.41, 5.74) is 6.43. The molecule has 0 unspecified atom stereocenters. The predicted molar refractivity (Wildman–Crippen MR) is 104 cm³/mol. The summed E-state index contributed by atoms with van der Waals surface area (Å²) in [5, 5.41) is 4.45. The number of ether oxygens (including phenoxy) is 1. The molecule has 28 heavy (non-hydrogen) atoms. The molecule has 1 aliphatic heterocycles. The van der Waals surface area contributed by atoms with E-state index in [1.807, 2.05) is 4.90 Å². The number of amides is 1. The Morgan fingerprint density at radius 1 is 1.25 bits per heavy atom. The van der Waals surface area contributed by atoms with Gasteiger partial charge in [-0.3, -0.25) is 4.79 Å². The van der Waals surface area contributed by atoms with Crippen molar-refractivity contribution in [2.45, 2.75) is 6.92 Å². The van der Waals surface area contributed by atoms with E-state index >= 15 is 0 Å². The summed E-state index contributed by atoms with van der Waals surface area (Å²) >= 11 is 6.45. The van der Waals surface area contributed by atoms with Crippen LogP contribution in [0.15, 0.2) is 29.5 Å². The highest BCUT2D eigenvalue weighted by Crippen LogP contribution is 2.29. The average Bonchev–Trinajstić information content (AvgIpc) is 3.22. The first-order chi connectivity index (χ1) is 13.5. The van der Waals surface area contributed by atoms with E-state index in [2.05, 4.69) is 25.0 Å². The summed E-state index contributed by atoms with van der Waals surface area (Å²) in [5.74, 6) is 0.482. The van der Waals surface area contributed by atoms with Gasteiger partial charge in [-0.15, -0.1) is 0 Å². The van der Waals surface area contributed by atoms with E-state index in [4.69, 9.17) is 22.1 Å². The van der Waals surface area contributed by atoms with Crippen molar-refractivity contribution in [3.8, 4) is 5.95 Å². The number of fused-ring (bicyclic) bond motifs is 1. The first kappa shape index (κ1) is 18.3. The van der Waals surface area contributed by atoms with Crippen LogP contribution in [0.2, 0.25) is 5.02 Å². The van der Waals surface area contributed by atoms with Crippen LogP contribution in [0.3, 0.4) is 0 Å². The quantitative estimate of drug-likeness (QED) is 0.514. The highest BCUT2D eigenvalue weighted by molar-refractivity contribution is 6.35. The average molecular weight is 401 g/mol. The number of carbonyl (C=O) groups excluding carboxylic acids is 1. The molecule has 1 fully saturated rings. The third-order valence-corrected chi connectivity index (χ3v) is 4.38. The summed E-state index contributed by atoms with van der Waals surface area (Å²) < 4.78 is 6.97. The van der Waals surface area contributed by atoms with Crippen molar-refractivity contribution in [2.24, 2.45) is 10.7 Å². The van der Waals surface area contributed by atoms with Gasteiger partial charge in [0.2, 0.25) is 0 Å². The zero-order valence-electron chi connectivity index (χ0n) is 15.0. The second-order valence-electron chi connectivity index (χ2n) is 6.14. The zero-order valence-corrected chi connectivity index (χ0v) is 15.8. The summed E-state index contributed by atoms with van der Waals surface area (Å²) in [6, 6.07) is 3.21. The van der Waals surface area contributed by atoms with Crippen molar-refractivity contribution in [3.05, 3.63) is 35.2 Å². The van der Waals surface area contributed by atoms with E-state index in [-0.39, 0.29) is 16.6 Å². The zero-order chi connectivity index (χ0) is 19.7. The number of halogens is 1. The van der Waals surface area contributed by atoms with Gasteiger partial charge in [0.15, 0.2) is 5.82 Å². The summed E-state index contributed by atoms with van der Waals surface area (Å²) in [6.45, 7) is 3.90. The molecule has 0 bridgehead atoms. The SMILES string of the molecule is CC(N)=NC(=O)c1cc(Cl)c2nc(-n3cccn3)nc(N3CCOCC3)c2n1. The maximum absolute atomic E-state index is 12.3. The van der Waals surface area contributed by atoms with Crippen molar-refractivity contribution < 1.29 is 9.53 Å². The first-order valence-corrected chi connectivity index (χ1v) is 8.97. The monoisotopic (exact) mass is 400 g/mol. The number of amidine groups is 1. The Balaban J connectivity index is 1.93. The number of pyridine rings is 1. The van der Waals surface area contributed by atoms with Gasteiger partial charge in [0.05, 0.1) is 18.2 Å². The van der Waals surface area contributed by atoms with Crippen LogP contribution < -0.4 is 10.6 Å². The van der Waals surface area contributed by atoms with Crippen molar-refractivity contribution in [2.75, 3.05) is 31.2 Å². The van der Waals surface area contributed by atoms with E-state index in [0.29, 0.717) is 49.1 Å². The first-order valence-electron chi connectivity index (χ1n) is 8.59. The molecule has 11 heteroatoms. The van der Waals surface area contributed by atoms with Gasteiger partial charge in [0.1, 0.15) is 22.6 Å². The third kappa shape index (κ3) is 3.51. The van der Waals surface area contributed by atoms with Gasteiger partial charge in [-0.25, -0.2) is 14.6 Å². The molecule has 0 atom stereocenters. The van der Waals surface area contributed by atoms with Crippen molar-refractivity contribution >= 4 is 40.2 Å². The molecule has 0 aromatic carbocycles. The number of nitrogens with two attached hydrogens (primary N) is 1. The molecular formula is C17H17ClN8O2.